The number of hydrogen-bond donors (Lipinski definition) is 1. The van der Waals surface area contributed by atoms with Crippen molar-refractivity contribution in [3.63, 3.8) is 0 Å². The third-order valence-corrected chi connectivity index (χ3v) is 2.84. The first-order valence-electron chi connectivity index (χ1n) is 6.54. The molecule has 0 aliphatic rings. The fourth-order valence-electron chi connectivity index (χ4n) is 1.77. The molecule has 0 saturated carbocycles. The third kappa shape index (κ3) is 3.21. The van der Waals surface area contributed by atoms with Gasteiger partial charge >= 0.3 is 0 Å². The van der Waals surface area contributed by atoms with Crippen LogP contribution in [0, 0.1) is 0 Å². The number of carbonyl (C=O) groups is 1. The Morgan fingerprint density at radius 2 is 1.91 bits per heavy atom. The molecule has 1 aromatic carbocycles. The molecular weight excluding hydrogens is 280 g/mol. The average molecular weight is 292 g/mol. The van der Waals surface area contributed by atoms with Crippen molar-refractivity contribution in [2.45, 2.75) is 0 Å². The lowest BCUT2D eigenvalue weighted by molar-refractivity contribution is 0.0955. The summed E-state index contributed by atoms with van der Waals surface area (Å²) >= 11 is 0. The van der Waals surface area contributed by atoms with Crippen LogP contribution in [0.5, 0.6) is 0 Å². The van der Waals surface area contributed by atoms with E-state index in [1.165, 1.54) is 6.21 Å². The first kappa shape index (κ1) is 13.6. The predicted octanol–water partition coefficient (Wildman–Crippen LogP) is 1.43. The Morgan fingerprint density at radius 1 is 1.14 bits per heavy atom. The minimum Gasteiger partial charge on any atom is -0.267 e. The van der Waals surface area contributed by atoms with Crippen molar-refractivity contribution in [1.29, 1.82) is 0 Å². The van der Waals surface area contributed by atoms with Crippen LogP contribution in [0.25, 0.3) is 5.69 Å². The molecule has 0 aliphatic heterocycles. The first-order chi connectivity index (χ1) is 10.8. The highest BCUT2D eigenvalue weighted by atomic mass is 16.2. The zero-order valence-electron chi connectivity index (χ0n) is 11.5. The number of nitrogens with one attached hydrogen (secondary N) is 1. The lowest BCUT2D eigenvalue weighted by Gasteiger charge is -1.97. The number of aromatic nitrogens is 4. The van der Waals surface area contributed by atoms with Crippen LogP contribution < -0.4 is 5.43 Å². The number of hydrazone groups is 1. The fourth-order valence-corrected chi connectivity index (χ4v) is 1.77. The quantitative estimate of drug-likeness (QED) is 0.582. The number of carbonyl (C=O) groups excluding carboxylic acids is 1. The Kier molecular flexibility index (Phi) is 3.96. The van der Waals surface area contributed by atoms with Gasteiger partial charge in [0.2, 0.25) is 0 Å². The number of pyridine rings is 1. The van der Waals surface area contributed by atoms with Gasteiger partial charge in [0.25, 0.3) is 5.91 Å². The molecule has 7 nitrogen and oxygen atoms in total. The van der Waals surface area contributed by atoms with Crippen molar-refractivity contribution >= 4 is 12.1 Å². The second-order valence-corrected chi connectivity index (χ2v) is 4.36. The predicted molar refractivity (Wildman–Crippen MR) is 80.7 cm³/mol. The van der Waals surface area contributed by atoms with Gasteiger partial charge in [-0.25, -0.2) is 10.1 Å². The maximum Gasteiger partial charge on any atom is 0.271 e. The van der Waals surface area contributed by atoms with Gasteiger partial charge in [0.15, 0.2) is 0 Å². The molecule has 7 heteroatoms. The number of benzene rings is 1. The topological polar surface area (TPSA) is 85.1 Å². The molecule has 2 heterocycles. The molecule has 0 atom stereocenters. The lowest BCUT2D eigenvalue weighted by atomic mass is 10.3. The highest BCUT2D eigenvalue weighted by Crippen LogP contribution is 2.04. The van der Waals surface area contributed by atoms with Crippen molar-refractivity contribution in [2.75, 3.05) is 0 Å². The number of nitrogens with zero attached hydrogens (tertiary/aromatic N) is 5. The van der Waals surface area contributed by atoms with E-state index in [-0.39, 0.29) is 5.91 Å². The van der Waals surface area contributed by atoms with E-state index in [9.17, 15) is 4.79 Å². The van der Waals surface area contributed by atoms with E-state index >= 15 is 0 Å². The summed E-state index contributed by atoms with van der Waals surface area (Å²) in [5, 5.41) is 11.8. The van der Waals surface area contributed by atoms with Crippen LogP contribution in [0.1, 0.15) is 16.1 Å². The number of rotatable bonds is 4. The minimum absolute atomic E-state index is 0.311. The van der Waals surface area contributed by atoms with Crippen molar-refractivity contribution in [1.82, 2.24) is 25.4 Å². The summed E-state index contributed by atoms with van der Waals surface area (Å²) < 4.78 is 1.63. The van der Waals surface area contributed by atoms with Gasteiger partial charge in [0, 0.05) is 18.0 Å². The van der Waals surface area contributed by atoms with Crippen LogP contribution in [0.4, 0.5) is 0 Å². The molecular formula is C15H12N6O. The van der Waals surface area contributed by atoms with E-state index in [1.807, 2.05) is 30.3 Å². The van der Waals surface area contributed by atoms with E-state index < -0.39 is 0 Å². The van der Waals surface area contributed by atoms with Crippen LogP contribution >= 0.6 is 0 Å². The highest BCUT2D eigenvalue weighted by molar-refractivity contribution is 5.94. The average Bonchev–Trinajstić information content (AvgIpc) is 3.05. The van der Waals surface area contributed by atoms with Crippen LogP contribution in [-0.4, -0.2) is 32.1 Å². The van der Waals surface area contributed by atoms with Crippen LogP contribution in [0.2, 0.25) is 0 Å². The lowest BCUT2D eigenvalue weighted by Crippen LogP contribution is -2.17. The summed E-state index contributed by atoms with van der Waals surface area (Å²) in [4.78, 5) is 15.6. The van der Waals surface area contributed by atoms with Crippen LogP contribution in [0.15, 0.2) is 66.2 Å². The summed E-state index contributed by atoms with van der Waals surface area (Å²) in [6.07, 6.45) is 6.25. The molecule has 0 spiro atoms. The number of para-hydroxylation sites is 1. The molecule has 2 aromatic heterocycles. The van der Waals surface area contributed by atoms with Gasteiger partial charge in [-0.1, -0.05) is 23.4 Å². The third-order valence-electron chi connectivity index (χ3n) is 2.84. The Hall–Kier alpha value is -3.35. The molecule has 0 radical (unpaired) electrons. The monoisotopic (exact) mass is 292 g/mol. The smallest absolute Gasteiger partial charge is 0.267 e. The van der Waals surface area contributed by atoms with Gasteiger partial charge in [0.1, 0.15) is 5.69 Å². The largest absolute Gasteiger partial charge is 0.271 e. The highest BCUT2D eigenvalue weighted by Gasteiger charge is 2.03. The summed E-state index contributed by atoms with van der Waals surface area (Å²) in [7, 11) is 0. The normalized spacial score (nSPS) is 10.7. The molecule has 1 N–H and O–H groups in total. The van der Waals surface area contributed by atoms with E-state index in [1.54, 1.807) is 35.4 Å². The number of amides is 1. The molecule has 3 rings (SSSR count). The Balaban J connectivity index is 1.64. The molecule has 0 aliphatic carbocycles. The van der Waals surface area contributed by atoms with E-state index in [0.29, 0.717) is 11.3 Å². The van der Waals surface area contributed by atoms with Gasteiger partial charge in [-0.2, -0.15) is 5.10 Å². The standard InChI is InChI=1S/C15H12N6O/c22-15(12-6-8-16-9-7-12)19-17-10-13-11-21(20-18-13)14-4-2-1-3-5-14/h1-11H,(H,19,22)/b17-10+. The second-order valence-electron chi connectivity index (χ2n) is 4.36. The van der Waals surface area contributed by atoms with Gasteiger partial charge in [-0.05, 0) is 24.3 Å². The molecule has 0 bridgehead atoms. The first-order valence-corrected chi connectivity index (χ1v) is 6.54. The molecule has 1 amide bonds. The van der Waals surface area contributed by atoms with E-state index in [0.717, 1.165) is 5.69 Å². The van der Waals surface area contributed by atoms with Crippen molar-refractivity contribution in [2.24, 2.45) is 5.10 Å². The van der Waals surface area contributed by atoms with Crippen molar-refractivity contribution in [3.8, 4) is 5.69 Å². The maximum atomic E-state index is 11.8. The van der Waals surface area contributed by atoms with Gasteiger partial charge in [-0.3, -0.25) is 9.78 Å². The molecule has 0 fully saturated rings. The zero-order valence-corrected chi connectivity index (χ0v) is 11.5. The summed E-state index contributed by atoms with van der Waals surface area (Å²) in [5.41, 5.74) is 4.35. The molecule has 0 saturated heterocycles. The summed E-state index contributed by atoms with van der Waals surface area (Å²) in [6.45, 7) is 0. The Labute approximate surface area is 126 Å². The van der Waals surface area contributed by atoms with Crippen LogP contribution in [-0.2, 0) is 0 Å². The molecule has 108 valence electrons. The fraction of sp³-hybridized carbons (Fsp3) is 0. The Bertz CT molecular complexity index is 782. The summed E-state index contributed by atoms with van der Waals surface area (Å²) in [6, 6.07) is 12.8. The van der Waals surface area contributed by atoms with Crippen molar-refractivity contribution in [3.05, 3.63) is 72.3 Å². The van der Waals surface area contributed by atoms with Gasteiger partial charge < -0.3 is 0 Å². The molecule has 3 aromatic rings. The van der Waals surface area contributed by atoms with Crippen LogP contribution in [0.3, 0.4) is 0 Å². The maximum absolute atomic E-state index is 11.8. The van der Waals surface area contributed by atoms with Crippen molar-refractivity contribution < 1.29 is 4.79 Å². The molecule has 22 heavy (non-hydrogen) atoms. The van der Waals surface area contributed by atoms with E-state index in [2.05, 4.69) is 25.8 Å². The number of hydrogen-bond acceptors (Lipinski definition) is 5. The second kappa shape index (κ2) is 6.40. The molecule has 0 unspecified atom stereocenters. The minimum atomic E-state index is -0.311. The van der Waals surface area contributed by atoms with Gasteiger partial charge in [-0.15, -0.1) is 5.10 Å². The Morgan fingerprint density at radius 3 is 2.68 bits per heavy atom. The van der Waals surface area contributed by atoms with Gasteiger partial charge in [0.05, 0.1) is 18.1 Å². The van der Waals surface area contributed by atoms with E-state index in [4.69, 9.17) is 0 Å². The zero-order chi connectivity index (χ0) is 15.2. The SMILES string of the molecule is O=C(N/N=C/c1cn(-c2ccccc2)nn1)c1ccncc1. The summed E-state index contributed by atoms with van der Waals surface area (Å²) in [5.74, 6) is -0.311.